The Morgan fingerprint density at radius 2 is 2.00 bits per heavy atom. The van der Waals surface area contributed by atoms with Crippen molar-refractivity contribution in [2.75, 3.05) is 43.5 Å². The van der Waals surface area contributed by atoms with Crippen LogP contribution in [0.2, 0.25) is 5.02 Å². The van der Waals surface area contributed by atoms with Gasteiger partial charge in [0.05, 0.1) is 42.8 Å². The van der Waals surface area contributed by atoms with Crippen molar-refractivity contribution in [1.82, 2.24) is 14.5 Å². The van der Waals surface area contributed by atoms with Crippen LogP contribution < -0.4 is 16.4 Å². The summed E-state index contributed by atoms with van der Waals surface area (Å²) in [4.78, 5) is 9.08. The van der Waals surface area contributed by atoms with Crippen molar-refractivity contribution in [3.8, 4) is 5.69 Å². The molecule has 2 atom stereocenters. The molecule has 3 heterocycles. The van der Waals surface area contributed by atoms with E-state index < -0.39 is 0 Å². The number of nitrogens with zero attached hydrogens (tertiary/aromatic N) is 4. The minimum Gasteiger partial charge on any atom is -0.399 e. The van der Waals surface area contributed by atoms with E-state index in [1.54, 1.807) is 6.33 Å². The van der Waals surface area contributed by atoms with Crippen LogP contribution in [0.15, 0.2) is 48.9 Å². The molecular formula is C24H29ClN6O. The Labute approximate surface area is 193 Å². The van der Waals surface area contributed by atoms with Gasteiger partial charge in [-0.25, -0.2) is 4.98 Å². The van der Waals surface area contributed by atoms with E-state index in [1.807, 2.05) is 35.0 Å². The molecule has 32 heavy (non-hydrogen) atoms. The van der Waals surface area contributed by atoms with E-state index in [2.05, 4.69) is 33.8 Å². The van der Waals surface area contributed by atoms with Crippen molar-refractivity contribution in [1.29, 1.82) is 0 Å². The van der Waals surface area contributed by atoms with E-state index in [4.69, 9.17) is 27.8 Å². The molecule has 2 aromatic carbocycles. The van der Waals surface area contributed by atoms with E-state index >= 15 is 0 Å². The summed E-state index contributed by atoms with van der Waals surface area (Å²) in [5, 5.41) is 0.815. The summed E-state index contributed by atoms with van der Waals surface area (Å²) in [5.74, 6) is 0. The summed E-state index contributed by atoms with van der Waals surface area (Å²) >= 11 is 6.72. The highest BCUT2D eigenvalue weighted by molar-refractivity contribution is 6.31. The highest BCUT2D eigenvalue weighted by atomic mass is 35.5. The zero-order valence-electron chi connectivity index (χ0n) is 18.2. The topological polar surface area (TPSA) is 85.6 Å². The quantitative estimate of drug-likeness (QED) is 0.574. The van der Waals surface area contributed by atoms with Crippen LogP contribution in [0.3, 0.4) is 0 Å². The third kappa shape index (κ3) is 3.75. The van der Waals surface area contributed by atoms with Gasteiger partial charge in [0.1, 0.15) is 6.17 Å². The van der Waals surface area contributed by atoms with E-state index in [-0.39, 0.29) is 12.2 Å². The van der Waals surface area contributed by atoms with Crippen LogP contribution in [-0.4, -0.2) is 47.3 Å². The molecule has 2 aliphatic heterocycles. The maximum Gasteiger partial charge on any atom is 0.121 e. The molecule has 2 aliphatic rings. The predicted octanol–water partition coefficient (Wildman–Crippen LogP) is 3.66. The average Bonchev–Trinajstić information content (AvgIpc) is 3.29. The first-order valence-electron chi connectivity index (χ1n) is 11.1. The molecule has 0 spiro atoms. The lowest BCUT2D eigenvalue weighted by Crippen LogP contribution is -2.43. The van der Waals surface area contributed by atoms with Gasteiger partial charge in [-0.15, -0.1) is 0 Å². The van der Waals surface area contributed by atoms with Crippen molar-refractivity contribution < 1.29 is 4.74 Å². The van der Waals surface area contributed by atoms with E-state index in [1.165, 1.54) is 11.1 Å². The zero-order valence-corrected chi connectivity index (χ0v) is 19.0. The Bertz CT molecular complexity index is 1090. The van der Waals surface area contributed by atoms with Crippen molar-refractivity contribution in [3.05, 3.63) is 70.8 Å². The molecule has 2 unspecified atom stereocenters. The predicted molar refractivity (Wildman–Crippen MR) is 128 cm³/mol. The minimum atomic E-state index is -0.286. The average molecular weight is 453 g/mol. The lowest BCUT2D eigenvalue weighted by molar-refractivity contribution is 0.0144. The fraction of sp³-hybridized carbons (Fsp3) is 0.375. The third-order valence-electron chi connectivity index (χ3n) is 6.61. The number of nitrogens with two attached hydrogens (primary N) is 2. The number of imidazole rings is 1. The van der Waals surface area contributed by atoms with Crippen molar-refractivity contribution >= 4 is 23.0 Å². The standard InChI is InChI=1S/C24H29ClN6O/c1-16-3-2-4-18(25)23(16)20(29-9-11-32-12-10-29)7-8-30-19-6-5-17(26)13-21(19)31-15-28-14-22(31)24(30)27/h2-6,13-15,20,24H,7-12,26-27H2,1H3. The molecule has 0 amide bonds. The highest BCUT2D eigenvalue weighted by Crippen LogP contribution is 2.39. The maximum atomic E-state index is 6.73. The summed E-state index contributed by atoms with van der Waals surface area (Å²) in [5.41, 5.74) is 19.0. The van der Waals surface area contributed by atoms with E-state index in [0.29, 0.717) is 0 Å². The van der Waals surface area contributed by atoms with Gasteiger partial charge in [-0.3, -0.25) is 9.47 Å². The van der Waals surface area contributed by atoms with Gasteiger partial charge in [0.25, 0.3) is 0 Å². The fourth-order valence-corrected chi connectivity index (χ4v) is 5.35. The molecule has 1 fully saturated rings. The smallest absolute Gasteiger partial charge is 0.121 e. The Hall–Kier alpha value is -2.58. The molecule has 0 bridgehead atoms. The van der Waals surface area contributed by atoms with Gasteiger partial charge in [0, 0.05) is 36.4 Å². The van der Waals surface area contributed by atoms with Crippen LogP contribution >= 0.6 is 11.6 Å². The molecule has 168 valence electrons. The number of rotatable bonds is 5. The van der Waals surface area contributed by atoms with Gasteiger partial charge in [0.15, 0.2) is 0 Å². The van der Waals surface area contributed by atoms with Crippen LogP contribution in [-0.2, 0) is 4.74 Å². The number of ether oxygens (including phenoxy) is 1. The number of benzene rings is 2. The number of aromatic nitrogens is 2. The number of morpholine rings is 1. The number of nitrogen functional groups attached to an aromatic ring is 1. The van der Waals surface area contributed by atoms with Gasteiger partial charge in [-0.2, -0.15) is 0 Å². The molecule has 1 saturated heterocycles. The first kappa shape index (κ1) is 21.3. The molecule has 1 aromatic heterocycles. The summed E-state index contributed by atoms with van der Waals surface area (Å²) in [6, 6.07) is 12.3. The number of halogens is 1. The van der Waals surface area contributed by atoms with Gasteiger partial charge in [-0.1, -0.05) is 23.7 Å². The lowest BCUT2D eigenvalue weighted by atomic mass is 9.96. The second-order valence-electron chi connectivity index (χ2n) is 8.50. The number of hydrogen-bond donors (Lipinski definition) is 2. The second-order valence-corrected chi connectivity index (χ2v) is 8.91. The number of hydrogen-bond acceptors (Lipinski definition) is 6. The summed E-state index contributed by atoms with van der Waals surface area (Å²) in [7, 11) is 0. The third-order valence-corrected chi connectivity index (χ3v) is 6.94. The molecule has 8 heteroatoms. The van der Waals surface area contributed by atoms with Crippen molar-refractivity contribution in [2.24, 2.45) is 5.73 Å². The number of fused-ring (bicyclic) bond motifs is 3. The summed E-state index contributed by atoms with van der Waals surface area (Å²) in [6.45, 7) is 6.17. The largest absolute Gasteiger partial charge is 0.399 e. The van der Waals surface area contributed by atoms with Crippen molar-refractivity contribution in [2.45, 2.75) is 25.6 Å². The van der Waals surface area contributed by atoms with Gasteiger partial charge < -0.3 is 21.1 Å². The Balaban J connectivity index is 1.48. The Morgan fingerprint density at radius 3 is 2.78 bits per heavy atom. The van der Waals surface area contributed by atoms with Crippen LogP contribution in [0.4, 0.5) is 11.4 Å². The summed E-state index contributed by atoms with van der Waals surface area (Å²) in [6.07, 6.45) is 4.23. The molecule has 3 aromatic rings. The second kappa shape index (κ2) is 8.75. The highest BCUT2D eigenvalue weighted by Gasteiger charge is 2.32. The molecule has 4 N–H and O–H groups in total. The molecule has 7 nitrogen and oxygen atoms in total. The fourth-order valence-electron chi connectivity index (χ4n) is 5.00. The first-order chi connectivity index (χ1) is 15.5. The van der Waals surface area contributed by atoms with Gasteiger partial charge >= 0.3 is 0 Å². The summed E-state index contributed by atoms with van der Waals surface area (Å²) < 4.78 is 7.65. The lowest BCUT2D eigenvalue weighted by Gasteiger charge is -2.40. The normalized spacial score (nSPS) is 19.5. The van der Waals surface area contributed by atoms with Gasteiger partial charge in [-0.05, 0) is 48.7 Å². The Morgan fingerprint density at radius 1 is 1.19 bits per heavy atom. The maximum absolute atomic E-state index is 6.73. The van der Waals surface area contributed by atoms with Crippen LogP contribution in [0, 0.1) is 6.92 Å². The Kier molecular flexibility index (Phi) is 5.82. The minimum absolute atomic E-state index is 0.184. The van der Waals surface area contributed by atoms with Gasteiger partial charge in [0.2, 0.25) is 0 Å². The van der Waals surface area contributed by atoms with Crippen molar-refractivity contribution in [3.63, 3.8) is 0 Å². The molecule has 0 aliphatic carbocycles. The van der Waals surface area contributed by atoms with E-state index in [9.17, 15) is 0 Å². The number of aryl methyl sites for hydroxylation is 1. The van der Waals surface area contributed by atoms with Crippen LogP contribution in [0.5, 0.6) is 0 Å². The number of anilines is 2. The van der Waals surface area contributed by atoms with E-state index in [0.717, 1.165) is 67.0 Å². The SMILES string of the molecule is Cc1cccc(Cl)c1C(CCN1c2ccc(N)cc2-n2cncc2C1N)N1CCOCC1. The molecule has 0 radical (unpaired) electrons. The molecule has 0 saturated carbocycles. The monoisotopic (exact) mass is 452 g/mol. The zero-order chi connectivity index (χ0) is 22.2. The molecular weight excluding hydrogens is 424 g/mol. The molecule has 5 rings (SSSR count). The van der Waals surface area contributed by atoms with Crippen LogP contribution in [0.25, 0.3) is 5.69 Å². The van der Waals surface area contributed by atoms with Crippen LogP contribution in [0.1, 0.15) is 35.4 Å². The first-order valence-corrected chi connectivity index (χ1v) is 11.4.